The number of benzene rings is 2. The molecule has 4 heterocycles. The van der Waals surface area contributed by atoms with Gasteiger partial charge in [0.2, 0.25) is 5.91 Å². The van der Waals surface area contributed by atoms with Crippen molar-refractivity contribution in [2.45, 2.75) is 20.8 Å². The number of fused-ring (bicyclic) bond motifs is 2. The largest absolute Gasteiger partial charge is 0.384 e. The van der Waals surface area contributed by atoms with E-state index in [1.54, 1.807) is 24.7 Å². The molecule has 0 fully saturated rings. The summed E-state index contributed by atoms with van der Waals surface area (Å²) in [4.78, 5) is 26.9. The van der Waals surface area contributed by atoms with Crippen LogP contribution in [0.2, 0.25) is 0 Å². The van der Waals surface area contributed by atoms with E-state index in [-0.39, 0.29) is 11.7 Å². The van der Waals surface area contributed by atoms with Gasteiger partial charge < -0.3 is 20.5 Å². The van der Waals surface area contributed by atoms with Gasteiger partial charge in [-0.2, -0.15) is 5.10 Å². The zero-order valence-corrected chi connectivity index (χ0v) is 25.4. The van der Waals surface area contributed by atoms with Crippen molar-refractivity contribution >= 4 is 39.2 Å². The summed E-state index contributed by atoms with van der Waals surface area (Å²) in [5, 5.41) is 15.8. The summed E-state index contributed by atoms with van der Waals surface area (Å²) in [5.41, 5.74) is 7.35. The van der Waals surface area contributed by atoms with Gasteiger partial charge in [-0.05, 0) is 79.3 Å². The first-order valence-corrected chi connectivity index (χ1v) is 14.5. The fraction of sp³-hybridized carbons (Fsp3) is 0.235. The van der Waals surface area contributed by atoms with Crippen molar-refractivity contribution in [2.24, 2.45) is 5.41 Å². The summed E-state index contributed by atoms with van der Waals surface area (Å²) < 4.78 is 14.7. The van der Waals surface area contributed by atoms with Crippen LogP contribution in [0, 0.1) is 11.2 Å². The fourth-order valence-corrected chi connectivity index (χ4v) is 5.06. The number of amides is 1. The van der Waals surface area contributed by atoms with Crippen LogP contribution in [0.4, 0.5) is 15.8 Å². The van der Waals surface area contributed by atoms with Crippen molar-refractivity contribution in [3.05, 3.63) is 79.0 Å². The molecular formula is C34H35FN8O. The first-order valence-electron chi connectivity index (χ1n) is 14.5. The number of aromatic amines is 2. The third-order valence-electron chi connectivity index (χ3n) is 7.46. The Hall–Kier alpha value is -5.09. The molecule has 0 saturated heterocycles. The molecule has 0 bridgehead atoms. The SMILES string of the molecule is CN(C)CCNc1cc(F)cc(-c2ccnc3[nH]c(-c4n[nH]c5ccc(-c6cncc(NC(=O)C(C)(C)C)c6)cc45)cc23)c1. The third-order valence-corrected chi connectivity index (χ3v) is 7.46. The van der Waals surface area contributed by atoms with E-state index in [4.69, 9.17) is 0 Å². The Morgan fingerprint density at radius 1 is 0.932 bits per heavy atom. The van der Waals surface area contributed by atoms with E-state index in [0.29, 0.717) is 17.9 Å². The van der Waals surface area contributed by atoms with Gasteiger partial charge in [-0.25, -0.2) is 9.37 Å². The summed E-state index contributed by atoms with van der Waals surface area (Å²) in [7, 11) is 4.01. The Morgan fingerprint density at radius 2 is 1.75 bits per heavy atom. The molecule has 2 aromatic carbocycles. The monoisotopic (exact) mass is 590 g/mol. The maximum absolute atomic E-state index is 14.7. The van der Waals surface area contributed by atoms with E-state index < -0.39 is 5.41 Å². The molecule has 4 N–H and O–H groups in total. The highest BCUT2D eigenvalue weighted by atomic mass is 19.1. The number of H-pyrrole nitrogens is 2. The van der Waals surface area contributed by atoms with E-state index in [2.05, 4.69) is 46.7 Å². The van der Waals surface area contributed by atoms with E-state index >= 15 is 0 Å². The van der Waals surface area contributed by atoms with Crippen LogP contribution in [0.5, 0.6) is 0 Å². The highest BCUT2D eigenvalue weighted by Gasteiger charge is 2.21. The van der Waals surface area contributed by atoms with E-state index in [0.717, 1.165) is 62.2 Å². The number of carbonyl (C=O) groups excluding carboxylic acids is 1. The Morgan fingerprint density at radius 3 is 2.55 bits per heavy atom. The normalized spacial score (nSPS) is 11.9. The maximum Gasteiger partial charge on any atom is 0.229 e. The van der Waals surface area contributed by atoms with Crippen molar-refractivity contribution in [1.82, 2.24) is 30.0 Å². The zero-order valence-electron chi connectivity index (χ0n) is 25.4. The summed E-state index contributed by atoms with van der Waals surface area (Å²) >= 11 is 0. The number of nitrogens with one attached hydrogen (secondary N) is 4. The van der Waals surface area contributed by atoms with Crippen molar-refractivity contribution < 1.29 is 9.18 Å². The summed E-state index contributed by atoms with van der Waals surface area (Å²) in [6.07, 6.45) is 5.14. The van der Waals surface area contributed by atoms with Gasteiger partial charge in [0.1, 0.15) is 17.2 Å². The van der Waals surface area contributed by atoms with Crippen LogP contribution < -0.4 is 10.6 Å². The van der Waals surface area contributed by atoms with Crippen LogP contribution in [-0.2, 0) is 4.79 Å². The average Bonchev–Trinajstić information content (AvgIpc) is 3.60. The highest BCUT2D eigenvalue weighted by molar-refractivity contribution is 6.01. The van der Waals surface area contributed by atoms with Gasteiger partial charge in [0, 0.05) is 52.9 Å². The molecule has 0 unspecified atom stereocenters. The molecule has 0 aliphatic rings. The standard InChI is InChI=1S/C34H35FN8O/c1-34(2,3)33(44)39-25-14-22(18-36-19-25)20-6-7-29-28(15-20)31(42-41-29)30-17-27-26(8-9-38-32(27)40-30)21-12-23(35)16-24(13-21)37-10-11-43(4)5/h6-9,12-19,37H,10-11H2,1-5H3,(H,38,40)(H,39,44)(H,41,42). The molecule has 0 aliphatic carbocycles. The van der Waals surface area contributed by atoms with Gasteiger partial charge in [-0.3, -0.25) is 14.9 Å². The summed E-state index contributed by atoms with van der Waals surface area (Å²) in [6, 6.07) is 16.9. The van der Waals surface area contributed by atoms with Gasteiger partial charge in [0.15, 0.2) is 0 Å². The lowest BCUT2D eigenvalue weighted by Gasteiger charge is -2.17. The van der Waals surface area contributed by atoms with Crippen molar-refractivity contribution in [3.63, 3.8) is 0 Å². The molecule has 6 rings (SSSR count). The predicted molar refractivity (Wildman–Crippen MR) is 175 cm³/mol. The smallest absolute Gasteiger partial charge is 0.229 e. The van der Waals surface area contributed by atoms with Crippen molar-refractivity contribution in [3.8, 4) is 33.6 Å². The van der Waals surface area contributed by atoms with Gasteiger partial charge >= 0.3 is 0 Å². The number of pyridine rings is 2. The van der Waals surface area contributed by atoms with Crippen LogP contribution in [0.15, 0.2) is 73.2 Å². The molecule has 0 radical (unpaired) electrons. The second-order valence-electron chi connectivity index (χ2n) is 12.3. The summed E-state index contributed by atoms with van der Waals surface area (Å²) in [6.45, 7) is 7.15. The van der Waals surface area contributed by atoms with Crippen LogP contribution in [-0.4, -0.2) is 63.1 Å². The number of likely N-dealkylation sites (N-methyl/N-ethyl adjacent to an activating group) is 1. The lowest BCUT2D eigenvalue weighted by atomic mass is 9.95. The van der Waals surface area contributed by atoms with E-state index in [9.17, 15) is 9.18 Å². The maximum atomic E-state index is 14.7. The van der Waals surface area contributed by atoms with E-state index in [1.807, 2.05) is 71.3 Å². The Kier molecular flexibility index (Phi) is 7.60. The molecule has 224 valence electrons. The topological polar surface area (TPSA) is 115 Å². The Labute approximate surface area is 254 Å². The number of hydrogen-bond acceptors (Lipinski definition) is 6. The van der Waals surface area contributed by atoms with Gasteiger partial charge in [-0.15, -0.1) is 0 Å². The first kappa shape index (κ1) is 29.0. The van der Waals surface area contributed by atoms with Crippen LogP contribution in [0.25, 0.3) is 55.6 Å². The Bertz CT molecular complexity index is 1990. The van der Waals surface area contributed by atoms with Crippen LogP contribution in [0.1, 0.15) is 20.8 Å². The Balaban J connectivity index is 1.35. The number of hydrogen-bond donors (Lipinski definition) is 4. The molecule has 6 aromatic rings. The molecule has 0 spiro atoms. The molecule has 44 heavy (non-hydrogen) atoms. The minimum absolute atomic E-state index is 0.0779. The highest BCUT2D eigenvalue weighted by Crippen LogP contribution is 2.36. The molecule has 1 amide bonds. The lowest BCUT2D eigenvalue weighted by molar-refractivity contribution is -0.123. The molecule has 10 heteroatoms. The molecule has 0 atom stereocenters. The van der Waals surface area contributed by atoms with Gasteiger partial charge in [0.05, 0.1) is 23.1 Å². The first-order chi connectivity index (χ1) is 21.0. The van der Waals surface area contributed by atoms with Gasteiger partial charge in [0.25, 0.3) is 0 Å². The lowest BCUT2D eigenvalue weighted by Crippen LogP contribution is -2.27. The average molecular weight is 591 g/mol. The number of halogens is 1. The fourth-order valence-electron chi connectivity index (χ4n) is 5.06. The third kappa shape index (κ3) is 6.02. The predicted octanol–water partition coefficient (Wildman–Crippen LogP) is 6.93. The second-order valence-corrected chi connectivity index (χ2v) is 12.3. The quantitative estimate of drug-likeness (QED) is 0.153. The van der Waals surface area contributed by atoms with Crippen LogP contribution >= 0.6 is 0 Å². The molecule has 9 nitrogen and oxygen atoms in total. The minimum Gasteiger partial charge on any atom is -0.384 e. The minimum atomic E-state index is -0.519. The van der Waals surface area contributed by atoms with E-state index in [1.165, 1.54) is 6.07 Å². The van der Waals surface area contributed by atoms with Crippen molar-refractivity contribution in [2.75, 3.05) is 37.8 Å². The van der Waals surface area contributed by atoms with Gasteiger partial charge in [-0.1, -0.05) is 26.8 Å². The number of anilines is 2. The van der Waals surface area contributed by atoms with Crippen LogP contribution in [0.3, 0.4) is 0 Å². The summed E-state index contributed by atoms with van der Waals surface area (Å²) in [5.74, 6) is -0.385. The molecule has 4 aromatic heterocycles. The number of rotatable bonds is 8. The van der Waals surface area contributed by atoms with Crippen molar-refractivity contribution in [1.29, 1.82) is 0 Å². The second kappa shape index (κ2) is 11.5. The molecule has 0 saturated carbocycles. The molecular weight excluding hydrogens is 555 g/mol. The number of nitrogens with zero attached hydrogens (tertiary/aromatic N) is 4. The number of aromatic nitrogens is 5. The number of carbonyl (C=O) groups is 1. The molecule has 0 aliphatic heterocycles. The zero-order chi connectivity index (χ0) is 31.0.